The Morgan fingerprint density at radius 1 is 1.35 bits per heavy atom. The van der Waals surface area contributed by atoms with Crippen LogP contribution in [0.4, 0.5) is 4.39 Å². The van der Waals surface area contributed by atoms with Crippen LogP contribution in [0, 0.1) is 0 Å². The Kier molecular flexibility index (Phi) is 5.96. The predicted molar refractivity (Wildman–Crippen MR) is 89.8 cm³/mol. The Balaban J connectivity index is 3.34. The lowest BCUT2D eigenvalue weighted by molar-refractivity contribution is 0.232. The van der Waals surface area contributed by atoms with Gasteiger partial charge in [0.05, 0.1) is 5.71 Å². The molecule has 0 aliphatic heterocycles. The largest absolute Gasteiger partial charge is 0.245 e. The van der Waals surface area contributed by atoms with Crippen molar-refractivity contribution in [3.8, 4) is 0 Å². The molecule has 0 amide bonds. The van der Waals surface area contributed by atoms with Crippen molar-refractivity contribution in [3.63, 3.8) is 0 Å². The van der Waals surface area contributed by atoms with Crippen molar-refractivity contribution in [2.24, 2.45) is 4.99 Å². The molecule has 1 rings (SSSR count). The number of allylic oxidation sites excluding steroid dienone is 2. The lowest BCUT2D eigenvalue weighted by atomic mass is 10.0. The van der Waals surface area contributed by atoms with Gasteiger partial charge in [0, 0.05) is 10.5 Å². The topological polar surface area (TPSA) is 12.4 Å². The van der Waals surface area contributed by atoms with E-state index in [1.165, 1.54) is 25.6 Å². The van der Waals surface area contributed by atoms with Gasteiger partial charge < -0.3 is 0 Å². The van der Waals surface area contributed by atoms with Gasteiger partial charge in [0.15, 0.2) is 5.79 Å². The van der Waals surface area contributed by atoms with Crippen molar-refractivity contribution >= 4 is 23.5 Å². The fourth-order valence-electron chi connectivity index (χ4n) is 1.64. The molecule has 106 valence electrons. The van der Waals surface area contributed by atoms with E-state index in [0.29, 0.717) is 10.6 Å². The summed E-state index contributed by atoms with van der Waals surface area (Å²) in [6, 6.07) is 7.65. The molecule has 1 aromatic rings. The van der Waals surface area contributed by atoms with E-state index in [2.05, 4.69) is 18.2 Å². The maximum atomic E-state index is 14.0. The van der Waals surface area contributed by atoms with Crippen molar-refractivity contribution in [2.45, 2.75) is 26.6 Å². The zero-order chi connectivity index (χ0) is 15.2. The summed E-state index contributed by atoms with van der Waals surface area (Å²) in [6.07, 6.45) is 3.65. The van der Waals surface area contributed by atoms with Crippen LogP contribution in [0.25, 0.3) is 6.08 Å². The van der Waals surface area contributed by atoms with E-state index >= 15 is 0 Å². The lowest BCUT2D eigenvalue weighted by Crippen LogP contribution is -2.15. The molecule has 0 saturated heterocycles. The molecule has 0 aromatic heterocycles. The summed E-state index contributed by atoms with van der Waals surface area (Å²) in [5, 5.41) is 1.90. The van der Waals surface area contributed by atoms with Crippen molar-refractivity contribution in [2.75, 3.05) is 0 Å². The van der Waals surface area contributed by atoms with Crippen LogP contribution in [0.15, 0.2) is 58.8 Å². The lowest BCUT2D eigenvalue weighted by Gasteiger charge is -2.16. The molecule has 0 heterocycles. The molecule has 0 N–H and O–H groups in total. The molecule has 20 heavy (non-hydrogen) atoms. The summed E-state index contributed by atoms with van der Waals surface area (Å²) in [4.78, 5) is 4.90. The number of thioether (sulfide) groups is 1. The van der Waals surface area contributed by atoms with Gasteiger partial charge in [-0.1, -0.05) is 61.3 Å². The summed E-state index contributed by atoms with van der Waals surface area (Å²) >= 11 is 1.43. The minimum Gasteiger partial charge on any atom is -0.245 e. The summed E-state index contributed by atoms with van der Waals surface area (Å²) in [5.74, 6) is -1.65. The average Bonchev–Trinajstić information content (AvgIpc) is 2.41. The van der Waals surface area contributed by atoms with E-state index in [0.717, 1.165) is 11.1 Å². The van der Waals surface area contributed by atoms with E-state index in [1.807, 2.05) is 42.7 Å². The van der Waals surface area contributed by atoms with Gasteiger partial charge in [-0.3, -0.25) is 0 Å². The van der Waals surface area contributed by atoms with Gasteiger partial charge in [0.2, 0.25) is 0 Å². The maximum Gasteiger partial charge on any atom is 0.195 e. The Morgan fingerprint density at radius 3 is 2.55 bits per heavy atom. The highest BCUT2D eigenvalue weighted by molar-refractivity contribution is 8.06. The van der Waals surface area contributed by atoms with E-state index < -0.39 is 5.79 Å². The van der Waals surface area contributed by atoms with Gasteiger partial charge >= 0.3 is 0 Å². The first-order valence-electron chi connectivity index (χ1n) is 6.36. The van der Waals surface area contributed by atoms with Crippen molar-refractivity contribution in [1.29, 1.82) is 0 Å². The average molecular weight is 289 g/mol. The maximum absolute atomic E-state index is 14.0. The highest BCUT2D eigenvalue weighted by atomic mass is 32.2. The van der Waals surface area contributed by atoms with Crippen LogP contribution in [0.3, 0.4) is 0 Å². The second-order valence-electron chi connectivity index (χ2n) is 4.67. The molecule has 0 bridgehead atoms. The second-order valence-corrected chi connectivity index (χ2v) is 5.67. The Morgan fingerprint density at radius 2 is 2.00 bits per heavy atom. The summed E-state index contributed by atoms with van der Waals surface area (Å²) < 4.78 is 14.0. The molecule has 0 fully saturated rings. The van der Waals surface area contributed by atoms with Crippen LogP contribution in [-0.2, 0) is 0 Å². The Bertz CT molecular complexity index is 550. The predicted octanol–water partition coefficient (Wildman–Crippen LogP) is 5.60. The summed E-state index contributed by atoms with van der Waals surface area (Å²) in [5.41, 5.74) is 2.32. The number of alkyl halides is 1. The van der Waals surface area contributed by atoms with Gasteiger partial charge in [-0.25, -0.2) is 9.38 Å². The first kappa shape index (κ1) is 16.4. The number of hydrogen-bond acceptors (Lipinski definition) is 2. The minimum atomic E-state index is -1.65. The smallest absolute Gasteiger partial charge is 0.195 e. The molecule has 0 aliphatic rings. The van der Waals surface area contributed by atoms with Crippen LogP contribution in [0.5, 0.6) is 0 Å². The zero-order valence-electron chi connectivity index (χ0n) is 12.2. The molecule has 0 radical (unpaired) electrons. The molecule has 3 heteroatoms. The van der Waals surface area contributed by atoms with Gasteiger partial charge in [0.25, 0.3) is 0 Å². The van der Waals surface area contributed by atoms with Crippen LogP contribution in [-0.4, -0.2) is 11.5 Å². The van der Waals surface area contributed by atoms with Crippen LogP contribution in [0.1, 0.15) is 31.9 Å². The van der Waals surface area contributed by atoms with E-state index in [4.69, 9.17) is 0 Å². The van der Waals surface area contributed by atoms with Crippen LogP contribution in [0.2, 0.25) is 0 Å². The zero-order valence-corrected chi connectivity index (χ0v) is 13.0. The Labute approximate surface area is 125 Å². The van der Waals surface area contributed by atoms with Crippen molar-refractivity contribution in [3.05, 3.63) is 64.9 Å². The highest BCUT2D eigenvalue weighted by Crippen LogP contribution is 2.26. The first-order chi connectivity index (χ1) is 9.39. The van der Waals surface area contributed by atoms with E-state index in [9.17, 15) is 4.39 Å². The summed E-state index contributed by atoms with van der Waals surface area (Å²) in [7, 11) is 0. The molecule has 0 atom stereocenters. The van der Waals surface area contributed by atoms with Gasteiger partial charge in [-0.15, -0.1) is 0 Å². The Hall–Kier alpha value is -1.61. The van der Waals surface area contributed by atoms with Crippen molar-refractivity contribution in [1.82, 2.24) is 0 Å². The van der Waals surface area contributed by atoms with Gasteiger partial charge in [-0.2, -0.15) is 0 Å². The minimum absolute atomic E-state index is 0.566. The van der Waals surface area contributed by atoms with Crippen molar-refractivity contribution < 1.29 is 4.39 Å². The number of hydrogen-bond donors (Lipinski definition) is 0. The fraction of sp³-hybridized carbons (Fsp3) is 0.235. The van der Waals surface area contributed by atoms with Gasteiger partial charge in [0.1, 0.15) is 0 Å². The molecule has 1 nitrogen and oxygen atoms in total. The van der Waals surface area contributed by atoms with Crippen LogP contribution >= 0.6 is 11.8 Å². The normalized spacial score (nSPS) is 12.7. The fourth-order valence-corrected chi connectivity index (χ4v) is 2.20. The first-order valence-corrected chi connectivity index (χ1v) is 7.24. The number of benzene rings is 1. The molecule has 0 saturated carbocycles. The molecule has 0 unspecified atom stereocenters. The van der Waals surface area contributed by atoms with Gasteiger partial charge in [-0.05, 0) is 31.7 Å². The number of aliphatic imine (C=N–C) groups is 1. The molecule has 0 aliphatic carbocycles. The third-order valence-electron chi connectivity index (χ3n) is 2.42. The molecular weight excluding hydrogens is 269 g/mol. The van der Waals surface area contributed by atoms with E-state index in [1.54, 1.807) is 6.08 Å². The molecule has 0 spiro atoms. The number of nitrogens with zero attached hydrogens (tertiary/aromatic N) is 1. The monoisotopic (exact) mass is 289 g/mol. The highest BCUT2D eigenvalue weighted by Gasteiger charge is 2.18. The SMILES string of the molecule is C=Cc1ccccc1/C(=N/C(C)(C)F)C(=C)S/C=C\C. The number of halogens is 1. The third kappa shape index (κ3) is 4.82. The quantitative estimate of drug-likeness (QED) is 0.490. The molecule has 1 aromatic carbocycles. The summed E-state index contributed by atoms with van der Waals surface area (Å²) in [6.45, 7) is 12.6. The van der Waals surface area contributed by atoms with E-state index in [-0.39, 0.29) is 0 Å². The standard InChI is InChI=1S/C17H20FNS/c1-6-12-20-13(3)16(19-17(4,5)18)15-11-9-8-10-14(15)7-2/h6-12H,2-3H2,1,4-5H3/b12-6-,19-16+. The number of rotatable bonds is 6. The van der Waals surface area contributed by atoms with Crippen LogP contribution < -0.4 is 0 Å². The third-order valence-corrected chi connectivity index (χ3v) is 3.31. The second kappa shape index (κ2) is 7.25. The molecular formula is C17H20FNS.